The van der Waals surface area contributed by atoms with Crippen molar-refractivity contribution >= 4 is 17.9 Å². The fourth-order valence-electron chi connectivity index (χ4n) is 10.7. The summed E-state index contributed by atoms with van der Waals surface area (Å²) in [6.07, 6.45) is 93.6. The van der Waals surface area contributed by atoms with E-state index in [4.69, 9.17) is 14.2 Å². The monoisotopic (exact) mass is 1160 g/mol. The summed E-state index contributed by atoms with van der Waals surface area (Å²) in [4.78, 5) is 38.5. The van der Waals surface area contributed by atoms with Gasteiger partial charge in [-0.15, -0.1) is 0 Å². The molecule has 0 saturated heterocycles. The lowest BCUT2D eigenvalue weighted by molar-refractivity contribution is -0.167. The highest BCUT2D eigenvalue weighted by Crippen LogP contribution is 2.18. The van der Waals surface area contributed by atoms with E-state index in [0.717, 1.165) is 89.9 Å². The lowest BCUT2D eigenvalue weighted by Crippen LogP contribution is -2.30. The highest BCUT2D eigenvalue weighted by Gasteiger charge is 2.19. The molecule has 0 aromatic carbocycles. The fourth-order valence-corrected chi connectivity index (χ4v) is 10.7. The molecule has 83 heavy (non-hydrogen) atoms. The van der Waals surface area contributed by atoms with E-state index in [-0.39, 0.29) is 31.1 Å². The van der Waals surface area contributed by atoms with E-state index < -0.39 is 6.10 Å². The molecule has 0 aromatic heterocycles. The Bertz CT molecular complexity index is 1520. The molecule has 0 bridgehead atoms. The minimum Gasteiger partial charge on any atom is -0.462 e. The Hall–Kier alpha value is -3.15. The molecular formula is C77H138O6. The van der Waals surface area contributed by atoms with Crippen molar-refractivity contribution in [1.29, 1.82) is 0 Å². The Morgan fingerprint density at radius 2 is 0.434 bits per heavy atom. The van der Waals surface area contributed by atoms with Gasteiger partial charge in [-0.2, -0.15) is 0 Å². The zero-order valence-electron chi connectivity index (χ0n) is 55.5. The van der Waals surface area contributed by atoms with Crippen molar-refractivity contribution < 1.29 is 28.6 Å². The van der Waals surface area contributed by atoms with Crippen LogP contribution in [-0.2, 0) is 28.6 Å². The first-order chi connectivity index (χ1) is 41.0. The molecule has 0 aliphatic heterocycles. The summed E-state index contributed by atoms with van der Waals surface area (Å²) in [5.41, 5.74) is 0. The van der Waals surface area contributed by atoms with Gasteiger partial charge in [0, 0.05) is 19.3 Å². The minimum absolute atomic E-state index is 0.0786. The topological polar surface area (TPSA) is 78.9 Å². The molecule has 1 unspecified atom stereocenters. The summed E-state index contributed by atoms with van der Waals surface area (Å²) in [5.74, 6) is -0.876. The molecule has 0 rings (SSSR count). The van der Waals surface area contributed by atoms with Crippen LogP contribution in [0.5, 0.6) is 0 Å². The molecule has 0 aliphatic carbocycles. The van der Waals surface area contributed by atoms with E-state index in [2.05, 4.69) is 93.7 Å². The summed E-state index contributed by atoms with van der Waals surface area (Å²) in [7, 11) is 0. The van der Waals surface area contributed by atoms with E-state index in [1.165, 1.54) is 250 Å². The van der Waals surface area contributed by atoms with Gasteiger partial charge in [-0.05, 0) is 116 Å². The van der Waals surface area contributed by atoms with Crippen molar-refractivity contribution in [3.05, 3.63) is 72.9 Å². The maximum Gasteiger partial charge on any atom is 0.306 e. The van der Waals surface area contributed by atoms with Gasteiger partial charge in [0.25, 0.3) is 0 Å². The van der Waals surface area contributed by atoms with Gasteiger partial charge in [0.15, 0.2) is 6.10 Å². The van der Waals surface area contributed by atoms with Gasteiger partial charge in [-0.25, -0.2) is 0 Å². The zero-order valence-corrected chi connectivity index (χ0v) is 55.5. The molecule has 0 fully saturated rings. The highest BCUT2D eigenvalue weighted by atomic mass is 16.6. The van der Waals surface area contributed by atoms with E-state index in [0.29, 0.717) is 19.3 Å². The molecule has 0 aromatic rings. The second kappa shape index (κ2) is 71.3. The second-order valence-corrected chi connectivity index (χ2v) is 24.5. The van der Waals surface area contributed by atoms with Crippen LogP contribution >= 0.6 is 0 Å². The summed E-state index contributed by atoms with van der Waals surface area (Å²) in [6.45, 7) is 6.63. The number of allylic oxidation sites excluding steroid dienone is 12. The molecule has 0 spiro atoms. The number of ether oxygens (including phenoxy) is 3. The van der Waals surface area contributed by atoms with Gasteiger partial charge in [0.1, 0.15) is 13.2 Å². The van der Waals surface area contributed by atoms with Crippen LogP contribution < -0.4 is 0 Å². The third-order valence-electron chi connectivity index (χ3n) is 16.2. The summed E-state index contributed by atoms with van der Waals surface area (Å²) < 4.78 is 17.0. The van der Waals surface area contributed by atoms with Crippen molar-refractivity contribution in [1.82, 2.24) is 0 Å². The predicted molar refractivity (Wildman–Crippen MR) is 362 cm³/mol. The Kier molecular flexibility index (Phi) is 68.6. The molecule has 0 heterocycles. The van der Waals surface area contributed by atoms with Crippen LogP contribution in [0, 0.1) is 0 Å². The number of carbonyl (C=O) groups is 3. The standard InChI is InChI=1S/C77H138O6/c1-4-7-10-13-16-19-22-25-28-30-32-34-35-36-37-38-39-40-41-43-44-46-49-52-55-58-61-64-67-70-76(79)82-73-74(72-81-75(78)69-66-63-60-57-54-51-48-27-24-21-18-15-12-9-6-3)83-77(80)71-68-65-62-59-56-53-50-47-45-42-33-31-29-26-23-20-17-14-11-8-5-2/h18,21-23,25-27,30-33,48,74H,4-17,19-20,24,28-29,34-47,49-73H2,1-3H3/b21-18-,25-22-,26-23-,32-30-,33-31-,48-27-. The Balaban J connectivity index is 4.27. The molecule has 6 nitrogen and oxygen atoms in total. The summed E-state index contributed by atoms with van der Waals surface area (Å²) >= 11 is 0. The van der Waals surface area contributed by atoms with Gasteiger partial charge in [-0.3, -0.25) is 14.4 Å². The Labute approximate surface area is 516 Å². The van der Waals surface area contributed by atoms with Crippen molar-refractivity contribution in [2.75, 3.05) is 13.2 Å². The lowest BCUT2D eigenvalue weighted by atomic mass is 10.0. The molecule has 1 atom stereocenters. The first-order valence-corrected chi connectivity index (χ1v) is 36.4. The molecule has 482 valence electrons. The second-order valence-electron chi connectivity index (χ2n) is 24.5. The largest absolute Gasteiger partial charge is 0.462 e. The average molecular weight is 1160 g/mol. The number of carbonyl (C=O) groups excluding carboxylic acids is 3. The summed E-state index contributed by atoms with van der Waals surface area (Å²) in [6, 6.07) is 0. The van der Waals surface area contributed by atoms with Crippen LogP contribution in [-0.4, -0.2) is 37.2 Å². The highest BCUT2D eigenvalue weighted by molar-refractivity contribution is 5.71. The molecular weight excluding hydrogens is 1020 g/mol. The molecule has 0 radical (unpaired) electrons. The maximum absolute atomic E-state index is 13.0. The van der Waals surface area contributed by atoms with Crippen LogP contribution in [0.25, 0.3) is 0 Å². The number of esters is 3. The van der Waals surface area contributed by atoms with E-state index >= 15 is 0 Å². The van der Waals surface area contributed by atoms with Crippen molar-refractivity contribution in [2.24, 2.45) is 0 Å². The van der Waals surface area contributed by atoms with Crippen LogP contribution in [0.4, 0.5) is 0 Å². The first kappa shape index (κ1) is 79.8. The SMILES string of the molecule is CCCCC/C=C\C/C=C\CCCCCCCC(=O)OCC(COC(=O)CCCCCCCCCCCCCCCCCCC/C=C\C/C=C\CCCCCCC)OC(=O)CCCCCCCCCCC/C=C\C/C=C\CCCCCCC. The average Bonchev–Trinajstić information content (AvgIpc) is 3.49. The molecule has 0 saturated carbocycles. The van der Waals surface area contributed by atoms with Crippen LogP contribution in [0.3, 0.4) is 0 Å². The van der Waals surface area contributed by atoms with Crippen molar-refractivity contribution in [2.45, 2.75) is 386 Å². The molecule has 0 N–H and O–H groups in total. The normalized spacial score (nSPS) is 12.5. The third kappa shape index (κ3) is 69.5. The van der Waals surface area contributed by atoms with E-state index in [9.17, 15) is 14.4 Å². The van der Waals surface area contributed by atoms with E-state index in [1.54, 1.807) is 0 Å². The van der Waals surface area contributed by atoms with Gasteiger partial charge in [-0.1, -0.05) is 318 Å². The van der Waals surface area contributed by atoms with Crippen LogP contribution in [0.15, 0.2) is 72.9 Å². The van der Waals surface area contributed by atoms with Gasteiger partial charge < -0.3 is 14.2 Å². The predicted octanol–water partition coefficient (Wildman–Crippen LogP) is 25.2. The van der Waals surface area contributed by atoms with Gasteiger partial charge in [0.05, 0.1) is 0 Å². The van der Waals surface area contributed by atoms with Crippen LogP contribution in [0.2, 0.25) is 0 Å². The summed E-state index contributed by atoms with van der Waals surface area (Å²) in [5, 5.41) is 0. The molecule has 6 heteroatoms. The number of unbranched alkanes of at least 4 members (excludes halogenated alkanes) is 44. The Morgan fingerprint density at radius 3 is 0.687 bits per heavy atom. The number of hydrogen-bond donors (Lipinski definition) is 0. The zero-order chi connectivity index (χ0) is 59.9. The third-order valence-corrected chi connectivity index (χ3v) is 16.2. The number of hydrogen-bond acceptors (Lipinski definition) is 6. The lowest BCUT2D eigenvalue weighted by Gasteiger charge is -2.18. The van der Waals surface area contributed by atoms with Gasteiger partial charge >= 0.3 is 17.9 Å². The van der Waals surface area contributed by atoms with Crippen molar-refractivity contribution in [3.8, 4) is 0 Å². The van der Waals surface area contributed by atoms with Crippen molar-refractivity contribution in [3.63, 3.8) is 0 Å². The van der Waals surface area contributed by atoms with E-state index in [1.807, 2.05) is 0 Å². The fraction of sp³-hybridized carbons (Fsp3) is 0.805. The molecule has 0 aliphatic rings. The van der Waals surface area contributed by atoms with Gasteiger partial charge in [0.2, 0.25) is 0 Å². The Morgan fingerprint density at radius 1 is 0.241 bits per heavy atom. The number of rotatable bonds is 67. The maximum atomic E-state index is 13.0. The minimum atomic E-state index is -0.785. The quantitative estimate of drug-likeness (QED) is 0.0261. The smallest absolute Gasteiger partial charge is 0.306 e. The first-order valence-electron chi connectivity index (χ1n) is 36.4. The van der Waals surface area contributed by atoms with Crippen LogP contribution in [0.1, 0.15) is 380 Å². The molecule has 0 amide bonds.